The van der Waals surface area contributed by atoms with Crippen LogP contribution in [0.3, 0.4) is 0 Å². The molecule has 1 saturated carbocycles. The molecule has 0 aromatic carbocycles. The quantitative estimate of drug-likeness (QED) is 0.759. The van der Waals surface area contributed by atoms with E-state index in [1.807, 2.05) is 6.92 Å². The van der Waals surface area contributed by atoms with E-state index in [9.17, 15) is 4.79 Å². The molecule has 2 atom stereocenters. The molecule has 2 N–H and O–H groups in total. The summed E-state index contributed by atoms with van der Waals surface area (Å²) in [6.07, 6.45) is 6.80. The number of rotatable bonds is 5. The summed E-state index contributed by atoms with van der Waals surface area (Å²) >= 11 is 0. The van der Waals surface area contributed by atoms with Crippen molar-refractivity contribution in [2.75, 3.05) is 13.2 Å². The third kappa shape index (κ3) is 3.96. The Morgan fingerprint density at radius 3 is 2.76 bits per heavy atom. The lowest BCUT2D eigenvalue weighted by Crippen LogP contribution is -2.41. The fourth-order valence-electron chi connectivity index (χ4n) is 2.62. The number of ether oxygens (including phenoxy) is 1. The van der Waals surface area contributed by atoms with Crippen LogP contribution in [0.15, 0.2) is 0 Å². The van der Waals surface area contributed by atoms with Gasteiger partial charge in [-0.25, -0.2) is 0 Å². The van der Waals surface area contributed by atoms with E-state index in [-0.39, 0.29) is 12.0 Å². The summed E-state index contributed by atoms with van der Waals surface area (Å²) in [6.45, 7) is 3.58. The van der Waals surface area contributed by atoms with Crippen molar-refractivity contribution in [1.29, 1.82) is 0 Å². The molecule has 2 aliphatic rings. The van der Waals surface area contributed by atoms with Crippen LogP contribution < -0.4 is 10.6 Å². The topological polar surface area (TPSA) is 50.4 Å². The molecule has 2 fully saturated rings. The molecule has 4 nitrogen and oxygen atoms in total. The second-order valence-corrected chi connectivity index (χ2v) is 5.26. The lowest BCUT2D eigenvalue weighted by Gasteiger charge is -2.19. The molecular weight excluding hydrogens is 216 g/mol. The van der Waals surface area contributed by atoms with Gasteiger partial charge in [0.05, 0.1) is 6.61 Å². The van der Waals surface area contributed by atoms with Crippen LogP contribution in [0.1, 0.15) is 45.4 Å². The van der Waals surface area contributed by atoms with E-state index in [2.05, 4.69) is 10.6 Å². The summed E-state index contributed by atoms with van der Waals surface area (Å²) in [4.78, 5) is 11.8. The number of hydrogen-bond donors (Lipinski definition) is 2. The standard InChI is InChI=1S/C13H24N2O2/c1-10(17-9-12-7-4-8-14-12)13(16)15-11-5-2-3-6-11/h10-12,14H,2-9H2,1H3,(H,15,16). The minimum atomic E-state index is -0.321. The molecule has 0 bridgehead atoms. The lowest BCUT2D eigenvalue weighted by atomic mass is 10.2. The number of carbonyl (C=O) groups is 1. The van der Waals surface area contributed by atoms with Crippen molar-refractivity contribution in [1.82, 2.24) is 10.6 Å². The van der Waals surface area contributed by atoms with E-state index in [1.54, 1.807) is 0 Å². The Labute approximate surface area is 103 Å². The highest BCUT2D eigenvalue weighted by Gasteiger charge is 2.22. The van der Waals surface area contributed by atoms with Crippen molar-refractivity contribution >= 4 is 5.91 Å². The number of carbonyl (C=O) groups excluding carboxylic acids is 1. The molecule has 17 heavy (non-hydrogen) atoms. The van der Waals surface area contributed by atoms with Crippen LogP contribution in [-0.4, -0.2) is 37.2 Å². The molecule has 2 unspecified atom stereocenters. The summed E-state index contributed by atoms with van der Waals surface area (Å²) in [5, 5.41) is 6.44. The predicted molar refractivity (Wildman–Crippen MR) is 66.8 cm³/mol. The van der Waals surface area contributed by atoms with E-state index in [0.29, 0.717) is 18.7 Å². The summed E-state index contributed by atoms with van der Waals surface area (Å²) in [7, 11) is 0. The molecule has 0 aromatic rings. The second kappa shape index (κ2) is 6.36. The van der Waals surface area contributed by atoms with Gasteiger partial charge in [0.2, 0.25) is 5.91 Å². The summed E-state index contributed by atoms with van der Waals surface area (Å²) in [5.41, 5.74) is 0. The van der Waals surface area contributed by atoms with E-state index >= 15 is 0 Å². The first-order chi connectivity index (χ1) is 8.25. The van der Waals surface area contributed by atoms with Crippen LogP contribution >= 0.6 is 0 Å². The maximum atomic E-state index is 11.8. The van der Waals surface area contributed by atoms with Crippen LogP contribution in [0, 0.1) is 0 Å². The van der Waals surface area contributed by atoms with Crippen molar-refractivity contribution in [3.8, 4) is 0 Å². The Morgan fingerprint density at radius 2 is 2.12 bits per heavy atom. The van der Waals surface area contributed by atoms with Crippen LogP contribution in [0.4, 0.5) is 0 Å². The van der Waals surface area contributed by atoms with Crippen LogP contribution in [0.2, 0.25) is 0 Å². The number of nitrogens with one attached hydrogen (secondary N) is 2. The largest absolute Gasteiger partial charge is 0.367 e. The number of amides is 1. The third-order valence-corrected chi connectivity index (χ3v) is 3.78. The van der Waals surface area contributed by atoms with Gasteiger partial charge in [-0.05, 0) is 39.2 Å². The van der Waals surface area contributed by atoms with Crippen molar-refractivity contribution in [2.45, 2.75) is 63.6 Å². The Morgan fingerprint density at radius 1 is 1.35 bits per heavy atom. The normalized spacial score (nSPS) is 27.2. The summed E-state index contributed by atoms with van der Waals surface area (Å²) in [5.74, 6) is 0.0508. The van der Waals surface area contributed by atoms with Crippen LogP contribution in [0.5, 0.6) is 0 Å². The molecule has 1 amide bonds. The molecule has 1 aliphatic carbocycles. The number of hydrogen-bond acceptors (Lipinski definition) is 3. The van der Waals surface area contributed by atoms with Gasteiger partial charge in [0.1, 0.15) is 6.10 Å². The van der Waals surface area contributed by atoms with Gasteiger partial charge < -0.3 is 15.4 Å². The van der Waals surface area contributed by atoms with Gasteiger partial charge in [-0.2, -0.15) is 0 Å². The highest BCUT2D eigenvalue weighted by atomic mass is 16.5. The van der Waals surface area contributed by atoms with E-state index in [0.717, 1.165) is 25.8 Å². The monoisotopic (exact) mass is 240 g/mol. The third-order valence-electron chi connectivity index (χ3n) is 3.78. The first-order valence-electron chi connectivity index (χ1n) is 6.91. The molecule has 1 heterocycles. The zero-order valence-corrected chi connectivity index (χ0v) is 10.7. The Bertz CT molecular complexity index is 246. The molecule has 98 valence electrons. The fourth-order valence-corrected chi connectivity index (χ4v) is 2.62. The van der Waals surface area contributed by atoms with Crippen LogP contribution in [0.25, 0.3) is 0 Å². The average Bonchev–Trinajstić information content (AvgIpc) is 2.98. The zero-order chi connectivity index (χ0) is 12.1. The van der Waals surface area contributed by atoms with Gasteiger partial charge >= 0.3 is 0 Å². The van der Waals surface area contributed by atoms with Gasteiger partial charge in [0.15, 0.2) is 0 Å². The lowest BCUT2D eigenvalue weighted by molar-refractivity contribution is -0.132. The first-order valence-corrected chi connectivity index (χ1v) is 6.91. The summed E-state index contributed by atoms with van der Waals surface area (Å²) in [6, 6.07) is 0.829. The van der Waals surface area contributed by atoms with E-state index < -0.39 is 0 Å². The predicted octanol–water partition coefficient (Wildman–Crippen LogP) is 1.20. The zero-order valence-electron chi connectivity index (χ0n) is 10.7. The van der Waals surface area contributed by atoms with Crippen LogP contribution in [-0.2, 0) is 9.53 Å². The molecule has 2 rings (SSSR count). The highest BCUT2D eigenvalue weighted by Crippen LogP contribution is 2.17. The SMILES string of the molecule is CC(OCC1CCCN1)C(=O)NC1CCCC1. The fraction of sp³-hybridized carbons (Fsp3) is 0.923. The van der Waals surface area contributed by atoms with Gasteiger partial charge in [-0.3, -0.25) is 4.79 Å². The van der Waals surface area contributed by atoms with E-state index in [4.69, 9.17) is 4.74 Å². The smallest absolute Gasteiger partial charge is 0.249 e. The highest BCUT2D eigenvalue weighted by molar-refractivity contribution is 5.80. The Hall–Kier alpha value is -0.610. The van der Waals surface area contributed by atoms with Gasteiger partial charge in [-0.15, -0.1) is 0 Å². The minimum absolute atomic E-state index is 0.0508. The molecule has 1 saturated heterocycles. The van der Waals surface area contributed by atoms with Gasteiger partial charge in [0.25, 0.3) is 0 Å². The van der Waals surface area contributed by atoms with Crippen molar-refractivity contribution in [3.63, 3.8) is 0 Å². The molecule has 0 spiro atoms. The van der Waals surface area contributed by atoms with Crippen molar-refractivity contribution < 1.29 is 9.53 Å². The van der Waals surface area contributed by atoms with Crippen molar-refractivity contribution in [2.24, 2.45) is 0 Å². The van der Waals surface area contributed by atoms with Gasteiger partial charge in [-0.1, -0.05) is 12.8 Å². The van der Waals surface area contributed by atoms with Crippen molar-refractivity contribution in [3.05, 3.63) is 0 Å². The summed E-state index contributed by atoms with van der Waals surface area (Å²) < 4.78 is 5.62. The molecule has 4 heteroatoms. The first kappa shape index (κ1) is 12.8. The average molecular weight is 240 g/mol. The van der Waals surface area contributed by atoms with E-state index in [1.165, 1.54) is 19.3 Å². The Kier molecular flexibility index (Phi) is 4.80. The molecule has 0 aromatic heterocycles. The Balaban J connectivity index is 1.63. The molecular formula is C13H24N2O2. The van der Waals surface area contributed by atoms with Gasteiger partial charge in [0, 0.05) is 12.1 Å². The molecule has 1 aliphatic heterocycles. The minimum Gasteiger partial charge on any atom is -0.367 e. The maximum absolute atomic E-state index is 11.8. The molecule has 0 radical (unpaired) electrons. The second-order valence-electron chi connectivity index (χ2n) is 5.26. The maximum Gasteiger partial charge on any atom is 0.249 e.